The van der Waals surface area contributed by atoms with Gasteiger partial charge in [-0.2, -0.15) is 0 Å². The van der Waals surface area contributed by atoms with E-state index < -0.39 is 34.4 Å². The predicted molar refractivity (Wildman–Crippen MR) is 136 cm³/mol. The highest BCUT2D eigenvalue weighted by molar-refractivity contribution is 7.91. The number of aromatic nitrogens is 1. The molecule has 2 aromatic carbocycles. The number of allylic oxidation sites excluding steroid dienone is 1. The highest BCUT2D eigenvalue weighted by atomic mass is 32.2. The minimum absolute atomic E-state index is 0.0506. The lowest BCUT2D eigenvalue weighted by Crippen LogP contribution is -2.38. The lowest BCUT2D eigenvalue weighted by Gasteiger charge is -2.14. The number of pyridine rings is 1. The highest BCUT2D eigenvalue weighted by Crippen LogP contribution is 2.39. The molecule has 0 saturated carbocycles. The number of carbonyl (C=O) groups is 2. The van der Waals surface area contributed by atoms with Crippen molar-refractivity contribution >= 4 is 44.3 Å². The number of nitrogens with one attached hydrogen (secondary N) is 1. The molecule has 1 amide bonds. The maximum Gasteiger partial charge on any atom is 0.339 e. The van der Waals surface area contributed by atoms with Crippen LogP contribution in [0.15, 0.2) is 42.5 Å². The van der Waals surface area contributed by atoms with Crippen molar-refractivity contribution in [3.05, 3.63) is 64.8 Å². The van der Waals surface area contributed by atoms with Gasteiger partial charge in [0, 0.05) is 11.4 Å². The number of hydrogen-bond acceptors (Lipinski definition) is 8. The number of para-hydroxylation sites is 1. The van der Waals surface area contributed by atoms with E-state index in [9.17, 15) is 18.0 Å². The van der Waals surface area contributed by atoms with Gasteiger partial charge in [0.2, 0.25) is 6.79 Å². The number of ether oxygens (including phenoxy) is 3. The molecule has 6 rings (SSSR count). The Kier molecular flexibility index (Phi) is 5.83. The second kappa shape index (κ2) is 9.19. The zero-order chi connectivity index (χ0) is 25.6. The predicted octanol–water partition coefficient (Wildman–Crippen LogP) is 2.91. The van der Waals surface area contributed by atoms with Gasteiger partial charge in [0.25, 0.3) is 5.91 Å². The van der Waals surface area contributed by atoms with Gasteiger partial charge in [-0.3, -0.25) is 4.79 Å². The summed E-state index contributed by atoms with van der Waals surface area (Å²) in [7, 11) is -3.13. The molecule has 1 aromatic heterocycles. The van der Waals surface area contributed by atoms with Crippen LogP contribution in [0.5, 0.6) is 11.5 Å². The molecule has 1 atom stereocenters. The second-order valence-electron chi connectivity index (χ2n) is 9.36. The van der Waals surface area contributed by atoms with E-state index in [1.54, 1.807) is 0 Å². The molecular weight excluding hydrogens is 496 g/mol. The normalized spacial score (nSPS) is 20.2. The van der Waals surface area contributed by atoms with Crippen molar-refractivity contribution in [3.8, 4) is 11.5 Å². The Hall–Kier alpha value is -3.92. The minimum Gasteiger partial charge on any atom is -0.454 e. The van der Waals surface area contributed by atoms with E-state index in [0.717, 1.165) is 22.4 Å². The first-order valence-electron chi connectivity index (χ1n) is 12.1. The van der Waals surface area contributed by atoms with Gasteiger partial charge in [-0.1, -0.05) is 24.3 Å². The van der Waals surface area contributed by atoms with Crippen molar-refractivity contribution < 1.29 is 32.2 Å². The van der Waals surface area contributed by atoms with Crippen LogP contribution < -0.4 is 14.8 Å². The molecule has 1 N–H and O–H groups in total. The third-order valence-corrected chi connectivity index (χ3v) is 8.58. The van der Waals surface area contributed by atoms with Crippen molar-refractivity contribution in [1.82, 2.24) is 10.3 Å². The molecule has 0 bridgehead atoms. The summed E-state index contributed by atoms with van der Waals surface area (Å²) in [6.45, 7) is -0.282. The number of fused-ring (bicyclic) bond motifs is 3. The molecule has 0 radical (unpaired) electrons. The van der Waals surface area contributed by atoms with E-state index in [4.69, 9.17) is 19.2 Å². The van der Waals surface area contributed by atoms with Gasteiger partial charge in [-0.05, 0) is 60.2 Å². The third kappa shape index (κ3) is 4.64. The molecule has 0 spiro atoms. The molecule has 37 heavy (non-hydrogen) atoms. The molecule has 3 heterocycles. The zero-order valence-corrected chi connectivity index (χ0v) is 20.7. The van der Waals surface area contributed by atoms with Crippen LogP contribution in [0, 0.1) is 0 Å². The molecule has 1 unspecified atom stereocenters. The first kappa shape index (κ1) is 23.5. The number of sulfone groups is 1. The van der Waals surface area contributed by atoms with Crippen molar-refractivity contribution in [2.75, 3.05) is 24.9 Å². The van der Waals surface area contributed by atoms with E-state index in [0.29, 0.717) is 47.2 Å². The van der Waals surface area contributed by atoms with Crippen LogP contribution in [0.2, 0.25) is 0 Å². The molecular formula is C27H24N2O7S. The van der Waals surface area contributed by atoms with E-state index >= 15 is 0 Å². The average molecular weight is 521 g/mol. The summed E-state index contributed by atoms with van der Waals surface area (Å²) in [5.74, 6) is 0.239. The Balaban J connectivity index is 1.27. The number of hydrogen-bond donors (Lipinski definition) is 1. The molecule has 3 aliphatic rings. The lowest BCUT2D eigenvalue weighted by atomic mass is 10.0. The largest absolute Gasteiger partial charge is 0.454 e. The fraction of sp³-hybridized carbons (Fsp3) is 0.296. The fourth-order valence-corrected chi connectivity index (χ4v) is 6.77. The summed E-state index contributed by atoms with van der Waals surface area (Å²) in [5, 5.41) is 3.31. The number of amides is 1. The Labute approximate surface area is 213 Å². The van der Waals surface area contributed by atoms with Gasteiger partial charge in [-0.25, -0.2) is 18.2 Å². The van der Waals surface area contributed by atoms with Gasteiger partial charge >= 0.3 is 5.97 Å². The van der Waals surface area contributed by atoms with Gasteiger partial charge in [0.1, 0.15) is 0 Å². The molecule has 1 saturated heterocycles. The van der Waals surface area contributed by atoms with Crippen LogP contribution in [0.4, 0.5) is 0 Å². The Morgan fingerprint density at radius 3 is 2.78 bits per heavy atom. The molecule has 1 aliphatic carbocycles. The molecule has 9 nitrogen and oxygen atoms in total. The van der Waals surface area contributed by atoms with Crippen LogP contribution in [0.3, 0.4) is 0 Å². The monoisotopic (exact) mass is 520 g/mol. The van der Waals surface area contributed by atoms with Crippen LogP contribution in [-0.4, -0.2) is 56.2 Å². The van der Waals surface area contributed by atoms with Gasteiger partial charge in [0.15, 0.2) is 27.9 Å². The Bertz CT molecular complexity index is 1580. The first-order valence-corrected chi connectivity index (χ1v) is 13.9. The Morgan fingerprint density at radius 1 is 1.11 bits per heavy atom. The number of esters is 1. The quantitative estimate of drug-likeness (QED) is 0.510. The summed E-state index contributed by atoms with van der Waals surface area (Å²) in [6, 6.07) is 12.6. The minimum atomic E-state index is -3.13. The van der Waals surface area contributed by atoms with Crippen LogP contribution in [0.1, 0.15) is 40.0 Å². The summed E-state index contributed by atoms with van der Waals surface area (Å²) >= 11 is 0. The molecule has 3 aromatic rings. The topological polar surface area (TPSA) is 121 Å². The molecule has 10 heteroatoms. The summed E-state index contributed by atoms with van der Waals surface area (Å²) in [5.41, 5.74) is 4.53. The summed E-state index contributed by atoms with van der Waals surface area (Å²) in [4.78, 5) is 30.5. The maximum absolute atomic E-state index is 13.3. The smallest absolute Gasteiger partial charge is 0.339 e. The van der Waals surface area contributed by atoms with Crippen molar-refractivity contribution in [1.29, 1.82) is 0 Å². The van der Waals surface area contributed by atoms with Crippen molar-refractivity contribution in [2.24, 2.45) is 0 Å². The van der Waals surface area contributed by atoms with E-state index in [2.05, 4.69) is 5.32 Å². The summed E-state index contributed by atoms with van der Waals surface area (Å²) in [6.07, 6.45) is 3.71. The number of rotatable bonds is 5. The SMILES string of the molecule is O=C(COC(=O)c1c2c(nc3ccccc13)C(=Cc1ccc3c(c1)OCO3)CC2)NC1CCS(=O)(=O)C1. The van der Waals surface area contributed by atoms with Gasteiger partial charge < -0.3 is 19.5 Å². The number of benzene rings is 2. The molecule has 190 valence electrons. The fourth-order valence-electron chi connectivity index (χ4n) is 5.10. The number of carbonyl (C=O) groups excluding carboxylic acids is 2. The van der Waals surface area contributed by atoms with Gasteiger partial charge in [-0.15, -0.1) is 0 Å². The maximum atomic E-state index is 13.3. The van der Waals surface area contributed by atoms with Crippen LogP contribution >= 0.6 is 0 Å². The van der Waals surface area contributed by atoms with E-state index in [1.807, 2.05) is 48.5 Å². The Morgan fingerprint density at radius 2 is 1.95 bits per heavy atom. The van der Waals surface area contributed by atoms with Crippen molar-refractivity contribution in [2.45, 2.75) is 25.3 Å². The zero-order valence-electron chi connectivity index (χ0n) is 19.9. The van der Waals surface area contributed by atoms with Gasteiger partial charge in [0.05, 0.1) is 28.3 Å². The molecule has 1 fully saturated rings. The summed E-state index contributed by atoms with van der Waals surface area (Å²) < 4.78 is 39.6. The van der Waals surface area contributed by atoms with Crippen LogP contribution in [-0.2, 0) is 25.8 Å². The highest BCUT2D eigenvalue weighted by Gasteiger charge is 2.30. The molecule has 2 aliphatic heterocycles. The first-order chi connectivity index (χ1) is 17.9. The van der Waals surface area contributed by atoms with E-state index in [-0.39, 0.29) is 18.3 Å². The van der Waals surface area contributed by atoms with Crippen molar-refractivity contribution in [3.63, 3.8) is 0 Å². The lowest BCUT2D eigenvalue weighted by molar-refractivity contribution is -0.124. The standard InChI is InChI=1S/C27H24N2O7S/c30-24(28-18-9-10-37(32,33)14-18)13-34-27(31)25-19-3-1-2-4-21(19)29-26-17(6-7-20(25)26)11-16-5-8-22-23(12-16)36-15-35-22/h1-5,8,11-12,18H,6-7,9-10,13-15H2,(H,28,30). The van der Waals surface area contributed by atoms with E-state index in [1.165, 1.54) is 0 Å². The van der Waals surface area contributed by atoms with Crippen LogP contribution in [0.25, 0.3) is 22.6 Å². The third-order valence-electron chi connectivity index (χ3n) is 6.82. The number of nitrogens with zero attached hydrogens (tertiary/aromatic N) is 1. The average Bonchev–Trinajstić information content (AvgIpc) is 3.59. The second-order valence-corrected chi connectivity index (χ2v) is 11.6.